The number of aromatic nitrogens is 1. The Kier molecular flexibility index (Phi) is 4.15. The standard InChI is InChI=1S/C23H23N3O2/c27-21(25-12-6-1-7-13-25)15-26-22(17-9-2-3-10-18(17)23(26)28)19-14-24-20-11-5-4-8-16(19)20/h2-5,8-11,14,22,24H,1,6-7,12-13,15H2/t22-/m1/s1. The van der Waals surface area contributed by atoms with Gasteiger partial charge in [0.05, 0.1) is 6.04 Å². The summed E-state index contributed by atoms with van der Waals surface area (Å²) in [6.07, 6.45) is 5.25. The Bertz CT molecular complexity index is 1050. The first-order valence-corrected chi connectivity index (χ1v) is 9.98. The number of nitrogens with zero attached hydrogens (tertiary/aromatic N) is 2. The molecule has 0 aliphatic carbocycles. The van der Waals surface area contributed by atoms with Crippen LogP contribution in [0, 0.1) is 0 Å². The second-order valence-corrected chi connectivity index (χ2v) is 7.65. The van der Waals surface area contributed by atoms with E-state index in [0.29, 0.717) is 5.56 Å². The fourth-order valence-corrected chi connectivity index (χ4v) is 4.58. The van der Waals surface area contributed by atoms with Gasteiger partial charge in [-0.2, -0.15) is 0 Å². The molecule has 5 nitrogen and oxygen atoms in total. The molecule has 0 radical (unpaired) electrons. The smallest absolute Gasteiger partial charge is 0.255 e. The third-order valence-corrected chi connectivity index (χ3v) is 5.99. The average Bonchev–Trinajstić information content (AvgIpc) is 3.28. The zero-order valence-corrected chi connectivity index (χ0v) is 15.7. The van der Waals surface area contributed by atoms with Crippen LogP contribution in [0.3, 0.4) is 0 Å². The van der Waals surface area contributed by atoms with Gasteiger partial charge in [0.25, 0.3) is 5.91 Å². The summed E-state index contributed by atoms with van der Waals surface area (Å²) >= 11 is 0. The Balaban J connectivity index is 1.55. The highest BCUT2D eigenvalue weighted by Crippen LogP contribution is 2.41. The zero-order chi connectivity index (χ0) is 19.1. The van der Waals surface area contributed by atoms with Crippen LogP contribution >= 0.6 is 0 Å². The molecule has 1 atom stereocenters. The van der Waals surface area contributed by atoms with E-state index in [1.807, 2.05) is 53.6 Å². The molecular formula is C23H23N3O2. The molecule has 28 heavy (non-hydrogen) atoms. The number of likely N-dealkylation sites (tertiary alicyclic amines) is 1. The predicted octanol–water partition coefficient (Wildman–Crippen LogP) is 3.73. The fourth-order valence-electron chi connectivity index (χ4n) is 4.58. The number of aromatic amines is 1. The molecule has 0 spiro atoms. The number of carbonyl (C=O) groups excluding carboxylic acids is 2. The van der Waals surface area contributed by atoms with Gasteiger partial charge < -0.3 is 14.8 Å². The van der Waals surface area contributed by atoms with Crippen LogP contribution in [0.5, 0.6) is 0 Å². The third-order valence-electron chi connectivity index (χ3n) is 5.99. The third kappa shape index (κ3) is 2.70. The van der Waals surface area contributed by atoms with Gasteiger partial charge >= 0.3 is 0 Å². The highest BCUT2D eigenvalue weighted by atomic mass is 16.2. The van der Waals surface area contributed by atoms with Gasteiger partial charge in [0.2, 0.25) is 5.91 Å². The van der Waals surface area contributed by atoms with E-state index >= 15 is 0 Å². The lowest BCUT2D eigenvalue weighted by Gasteiger charge is -2.31. The van der Waals surface area contributed by atoms with Gasteiger partial charge in [-0.25, -0.2) is 0 Å². The minimum absolute atomic E-state index is 0.0469. The first kappa shape index (κ1) is 17.0. The lowest BCUT2D eigenvalue weighted by Crippen LogP contribution is -2.44. The van der Waals surface area contributed by atoms with Gasteiger partial charge in [-0.05, 0) is 37.0 Å². The molecule has 2 amide bonds. The van der Waals surface area contributed by atoms with Crippen LogP contribution in [-0.2, 0) is 4.79 Å². The number of amides is 2. The number of hydrogen-bond donors (Lipinski definition) is 1. The van der Waals surface area contributed by atoms with Crippen molar-refractivity contribution in [1.82, 2.24) is 14.8 Å². The molecule has 142 valence electrons. The summed E-state index contributed by atoms with van der Waals surface area (Å²) in [6.45, 7) is 1.72. The summed E-state index contributed by atoms with van der Waals surface area (Å²) in [6, 6.07) is 15.6. The predicted molar refractivity (Wildman–Crippen MR) is 108 cm³/mol. The number of piperidine rings is 1. The first-order valence-electron chi connectivity index (χ1n) is 9.98. The maximum absolute atomic E-state index is 13.2. The Morgan fingerprint density at radius 2 is 1.71 bits per heavy atom. The van der Waals surface area contributed by atoms with E-state index in [1.54, 1.807) is 4.90 Å². The molecule has 1 aromatic heterocycles. The van der Waals surface area contributed by atoms with E-state index in [4.69, 9.17) is 0 Å². The normalized spacial score (nSPS) is 19.3. The van der Waals surface area contributed by atoms with Crippen molar-refractivity contribution in [2.75, 3.05) is 19.6 Å². The lowest BCUT2D eigenvalue weighted by molar-refractivity contribution is -0.133. The number of carbonyl (C=O) groups is 2. The molecule has 5 rings (SSSR count). The average molecular weight is 373 g/mol. The van der Waals surface area contributed by atoms with E-state index in [-0.39, 0.29) is 24.4 Å². The summed E-state index contributed by atoms with van der Waals surface area (Å²) in [5.41, 5.74) is 3.75. The molecule has 2 aliphatic rings. The zero-order valence-electron chi connectivity index (χ0n) is 15.7. The van der Waals surface area contributed by atoms with Crippen molar-refractivity contribution in [3.8, 4) is 0 Å². The monoisotopic (exact) mass is 373 g/mol. The van der Waals surface area contributed by atoms with Crippen LogP contribution < -0.4 is 0 Å². The SMILES string of the molecule is O=C(CN1C(=O)c2ccccc2[C@@H]1c1c[nH]c2ccccc12)N1CCCCC1. The van der Waals surface area contributed by atoms with Crippen molar-refractivity contribution >= 4 is 22.7 Å². The van der Waals surface area contributed by atoms with Gasteiger partial charge in [-0.3, -0.25) is 9.59 Å². The van der Waals surface area contributed by atoms with Crippen molar-refractivity contribution in [3.63, 3.8) is 0 Å². The first-order chi connectivity index (χ1) is 13.7. The maximum atomic E-state index is 13.2. The summed E-state index contributed by atoms with van der Waals surface area (Å²) in [5.74, 6) is -0.0121. The molecule has 0 saturated carbocycles. The number of rotatable bonds is 3. The van der Waals surface area contributed by atoms with Gasteiger partial charge in [0, 0.05) is 41.3 Å². The molecular weight excluding hydrogens is 350 g/mol. The van der Waals surface area contributed by atoms with Crippen LogP contribution in [0.2, 0.25) is 0 Å². The Labute approximate surface area is 163 Å². The highest BCUT2D eigenvalue weighted by molar-refractivity contribution is 6.02. The largest absolute Gasteiger partial charge is 0.361 e. The molecule has 3 heterocycles. The molecule has 5 heteroatoms. The minimum atomic E-state index is -0.242. The van der Waals surface area contributed by atoms with Crippen molar-refractivity contribution < 1.29 is 9.59 Å². The second kappa shape index (κ2) is 6.82. The molecule has 0 unspecified atom stereocenters. The van der Waals surface area contributed by atoms with Crippen LogP contribution in [0.25, 0.3) is 10.9 Å². The van der Waals surface area contributed by atoms with Crippen molar-refractivity contribution in [2.45, 2.75) is 25.3 Å². The number of nitrogens with one attached hydrogen (secondary N) is 1. The van der Waals surface area contributed by atoms with Crippen molar-refractivity contribution in [2.24, 2.45) is 0 Å². The van der Waals surface area contributed by atoms with E-state index in [1.165, 1.54) is 6.42 Å². The summed E-state index contributed by atoms with van der Waals surface area (Å²) < 4.78 is 0. The molecule has 1 N–H and O–H groups in total. The maximum Gasteiger partial charge on any atom is 0.255 e. The number of H-pyrrole nitrogens is 1. The van der Waals surface area contributed by atoms with Crippen molar-refractivity contribution in [1.29, 1.82) is 0 Å². The van der Waals surface area contributed by atoms with Crippen molar-refractivity contribution in [3.05, 3.63) is 71.4 Å². The molecule has 3 aromatic rings. The van der Waals surface area contributed by atoms with Gasteiger partial charge in [0.15, 0.2) is 0 Å². The van der Waals surface area contributed by atoms with Gasteiger partial charge in [0.1, 0.15) is 6.54 Å². The number of fused-ring (bicyclic) bond motifs is 2. The molecule has 0 bridgehead atoms. The molecule has 2 aromatic carbocycles. The quantitative estimate of drug-likeness (QED) is 0.761. The van der Waals surface area contributed by atoms with Crippen LogP contribution in [0.4, 0.5) is 0 Å². The summed E-state index contributed by atoms with van der Waals surface area (Å²) in [4.78, 5) is 33.1. The fraction of sp³-hybridized carbons (Fsp3) is 0.304. The Morgan fingerprint density at radius 1 is 0.964 bits per heavy atom. The molecule has 2 aliphatic heterocycles. The minimum Gasteiger partial charge on any atom is -0.361 e. The van der Waals surface area contributed by atoms with Gasteiger partial charge in [-0.15, -0.1) is 0 Å². The Hall–Kier alpha value is -3.08. The number of hydrogen-bond acceptors (Lipinski definition) is 2. The van der Waals surface area contributed by atoms with E-state index in [2.05, 4.69) is 11.1 Å². The highest BCUT2D eigenvalue weighted by Gasteiger charge is 2.40. The molecule has 1 fully saturated rings. The van der Waals surface area contributed by atoms with E-state index < -0.39 is 0 Å². The Morgan fingerprint density at radius 3 is 2.57 bits per heavy atom. The van der Waals surface area contributed by atoms with Gasteiger partial charge in [-0.1, -0.05) is 36.4 Å². The van der Waals surface area contributed by atoms with E-state index in [9.17, 15) is 9.59 Å². The van der Waals surface area contributed by atoms with E-state index in [0.717, 1.165) is 48.0 Å². The summed E-state index contributed by atoms with van der Waals surface area (Å²) in [5, 5.41) is 1.09. The second-order valence-electron chi connectivity index (χ2n) is 7.65. The van der Waals surface area contributed by atoms with Crippen LogP contribution in [0.1, 0.15) is 46.8 Å². The lowest BCUT2D eigenvalue weighted by atomic mass is 9.97. The number of benzene rings is 2. The summed E-state index contributed by atoms with van der Waals surface area (Å²) in [7, 11) is 0. The van der Waals surface area contributed by atoms with Crippen LogP contribution in [0.15, 0.2) is 54.7 Å². The molecule has 1 saturated heterocycles. The topological polar surface area (TPSA) is 56.4 Å². The van der Waals surface area contributed by atoms with Crippen LogP contribution in [-0.4, -0.2) is 46.2 Å². The number of para-hydroxylation sites is 1.